The van der Waals surface area contributed by atoms with Crippen molar-refractivity contribution < 1.29 is 9.53 Å². The largest absolute Gasteiger partial charge is 0.449 e. The molecule has 0 aliphatic carbocycles. The van der Waals surface area contributed by atoms with Gasteiger partial charge >= 0.3 is 6.09 Å². The molecule has 23 heavy (non-hydrogen) atoms. The van der Waals surface area contributed by atoms with Gasteiger partial charge in [0, 0.05) is 28.4 Å². The third-order valence-corrected chi connectivity index (χ3v) is 3.76. The number of amides is 1. The van der Waals surface area contributed by atoms with Crippen LogP contribution in [0.25, 0.3) is 21.8 Å². The smallest absolute Gasteiger partial charge is 0.427 e. The maximum absolute atomic E-state index is 11.2. The molecular weight excluding hydrogens is 290 g/mol. The molecule has 2 aromatic carbocycles. The molecule has 3 rings (SSSR count). The highest BCUT2D eigenvalue weighted by Crippen LogP contribution is 2.29. The molecule has 0 aliphatic heterocycles. The first-order valence-electron chi connectivity index (χ1n) is 7.71. The van der Waals surface area contributed by atoms with Crippen LogP contribution in [0.2, 0.25) is 0 Å². The Kier molecular flexibility index (Phi) is 4.28. The van der Waals surface area contributed by atoms with Crippen LogP contribution >= 0.6 is 0 Å². The zero-order chi connectivity index (χ0) is 16.2. The molecule has 0 unspecified atom stereocenters. The van der Waals surface area contributed by atoms with Crippen molar-refractivity contribution in [3.63, 3.8) is 0 Å². The van der Waals surface area contributed by atoms with Gasteiger partial charge in [0.05, 0.1) is 12.8 Å². The molecule has 0 saturated carbocycles. The van der Waals surface area contributed by atoms with Crippen molar-refractivity contribution in [2.45, 2.75) is 20.4 Å². The number of carbonyl (C=O) groups excluding carboxylic acids is 1. The second-order valence-corrected chi connectivity index (χ2v) is 5.13. The Morgan fingerprint density at radius 2 is 1.96 bits per heavy atom. The number of rotatable bonds is 4. The number of aryl methyl sites for hydroxylation is 1. The molecule has 0 bridgehead atoms. The summed E-state index contributed by atoms with van der Waals surface area (Å²) >= 11 is 0. The van der Waals surface area contributed by atoms with Gasteiger partial charge in [0.15, 0.2) is 0 Å². The molecule has 0 radical (unpaired) electrons. The third-order valence-electron chi connectivity index (χ3n) is 3.76. The van der Waals surface area contributed by atoms with Crippen molar-refractivity contribution >= 4 is 34.1 Å². The van der Waals surface area contributed by atoms with E-state index in [-0.39, 0.29) is 0 Å². The van der Waals surface area contributed by atoms with E-state index in [1.165, 1.54) is 21.8 Å². The van der Waals surface area contributed by atoms with Gasteiger partial charge < -0.3 is 9.30 Å². The zero-order valence-corrected chi connectivity index (χ0v) is 13.2. The van der Waals surface area contributed by atoms with Crippen LogP contribution in [-0.2, 0) is 11.3 Å². The van der Waals surface area contributed by atoms with Gasteiger partial charge in [-0.15, -0.1) is 0 Å². The molecule has 1 N–H and O–H groups in total. The van der Waals surface area contributed by atoms with E-state index in [0.717, 1.165) is 12.1 Å². The van der Waals surface area contributed by atoms with E-state index in [1.54, 1.807) is 13.1 Å². The summed E-state index contributed by atoms with van der Waals surface area (Å²) in [6, 6.07) is 14.5. The van der Waals surface area contributed by atoms with E-state index < -0.39 is 6.09 Å². The van der Waals surface area contributed by atoms with E-state index in [0.29, 0.717) is 6.61 Å². The summed E-state index contributed by atoms with van der Waals surface area (Å²) in [6.45, 7) is 5.14. The molecule has 0 aliphatic rings. The van der Waals surface area contributed by atoms with E-state index in [1.807, 2.05) is 12.1 Å². The number of nitrogens with zero attached hydrogens (tertiary/aromatic N) is 2. The van der Waals surface area contributed by atoms with Gasteiger partial charge in [0.1, 0.15) is 0 Å². The number of hydrogen-bond donors (Lipinski definition) is 1. The third kappa shape index (κ3) is 2.90. The first-order chi connectivity index (χ1) is 11.2. The quantitative estimate of drug-likeness (QED) is 0.587. The van der Waals surface area contributed by atoms with E-state index in [4.69, 9.17) is 4.74 Å². The van der Waals surface area contributed by atoms with E-state index in [2.05, 4.69) is 52.3 Å². The minimum atomic E-state index is -0.549. The Hall–Kier alpha value is -2.82. The molecule has 0 atom stereocenters. The highest BCUT2D eigenvalue weighted by Gasteiger charge is 2.09. The lowest BCUT2D eigenvalue weighted by Crippen LogP contribution is -2.18. The Labute approximate surface area is 134 Å². The fourth-order valence-electron chi connectivity index (χ4n) is 2.82. The highest BCUT2D eigenvalue weighted by atomic mass is 16.5. The topological polar surface area (TPSA) is 55.6 Å². The molecule has 5 nitrogen and oxygen atoms in total. The second-order valence-electron chi connectivity index (χ2n) is 5.13. The summed E-state index contributed by atoms with van der Waals surface area (Å²) in [4.78, 5) is 11.2. The van der Waals surface area contributed by atoms with Gasteiger partial charge in [0.25, 0.3) is 0 Å². The lowest BCUT2D eigenvalue weighted by atomic mass is 10.1. The van der Waals surface area contributed by atoms with Crippen LogP contribution < -0.4 is 5.43 Å². The summed E-state index contributed by atoms with van der Waals surface area (Å²) in [5, 5.41) is 6.32. The Balaban J connectivity index is 1.97. The normalized spacial score (nSPS) is 11.4. The van der Waals surface area contributed by atoms with Crippen LogP contribution in [0.5, 0.6) is 0 Å². The van der Waals surface area contributed by atoms with Crippen molar-refractivity contribution in [2.75, 3.05) is 6.61 Å². The summed E-state index contributed by atoms with van der Waals surface area (Å²) in [7, 11) is 0. The summed E-state index contributed by atoms with van der Waals surface area (Å²) in [5.41, 5.74) is 5.69. The van der Waals surface area contributed by atoms with Gasteiger partial charge in [-0.25, -0.2) is 10.2 Å². The van der Waals surface area contributed by atoms with E-state index in [9.17, 15) is 4.79 Å². The van der Waals surface area contributed by atoms with Gasteiger partial charge in [-0.2, -0.15) is 5.10 Å². The first-order valence-corrected chi connectivity index (χ1v) is 7.71. The second kappa shape index (κ2) is 6.52. The Morgan fingerprint density at radius 1 is 1.17 bits per heavy atom. The molecule has 0 fully saturated rings. The fraction of sp³-hybridized carbons (Fsp3) is 0.222. The zero-order valence-electron chi connectivity index (χ0n) is 13.2. The van der Waals surface area contributed by atoms with Crippen molar-refractivity contribution in [2.24, 2.45) is 5.10 Å². The number of hydrazone groups is 1. The van der Waals surface area contributed by atoms with Crippen molar-refractivity contribution in [1.82, 2.24) is 9.99 Å². The number of para-hydroxylation sites is 1. The van der Waals surface area contributed by atoms with Gasteiger partial charge in [-0.05, 0) is 37.6 Å². The number of fused-ring (bicyclic) bond motifs is 3. The predicted molar refractivity (Wildman–Crippen MR) is 92.9 cm³/mol. The average molecular weight is 309 g/mol. The Morgan fingerprint density at radius 3 is 2.74 bits per heavy atom. The molecule has 0 saturated heterocycles. The van der Waals surface area contributed by atoms with Crippen LogP contribution in [0.3, 0.4) is 0 Å². The van der Waals surface area contributed by atoms with Crippen LogP contribution in [0.4, 0.5) is 4.79 Å². The van der Waals surface area contributed by atoms with Crippen LogP contribution in [0.15, 0.2) is 47.6 Å². The summed E-state index contributed by atoms with van der Waals surface area (Å²) in [5.74, 6) is 0. The predicted octanol–water partition coefficient (Wildman–Crippen LogP) is 3.89. The van der Waals surface area contributed by atoms with Gasteiger partial charge in [-0.3, -0.25) is 0 Å². The molecule has 3 aromatic rings. The number of nitrogens with one attached hydrogen (secondary N) is 1. The summed E-state index contributed by atoms with van der Waals surface area (Å²) < 4.78 is 7.05. The standard InChI is InChI=1S/C18H19N3O2/c1-3-21-16-8-6-5-7-14(16)15-11-13(9-10-17(15)21)12-19-20-18(22)23-4-2/h5-12H,3-4H2,1-2H3,(H,20,22)/b19-12+. The maximum Gasteiger partial charge on any atom is 0.427 e. The lowest BCUT2D eigenvalue weighted by Gasteiger charge is -2.02. The Bertz CT molecular complexity index is 880. The van der Waals surface area contributed by atoms with Crippen LogP contribution in [0, 0.1) is 0 Å². The number of hydrogen-bond acceptors (Lipinski definition) is 3. The molecule has 1 amide bonds. The number of ether oxygens (including phenoxy) is 1. The molecule has 5 heteroatoms. The highest BCUT2D eigenvalue weighted by molar-refractivity contribution is 6.09. The number of benzene rings is 2. The SMILES string of the molecule is CCOC(=O)N/N=C/c1ccc2c(c1)c1ccccc1n2CC. The fourth-order valence-corrected chi connectivity index (χ4v) is 2.82. The molecule has 0 spiro atoms. The van der Waals surface area contributed by atoms with Gasteiger partial charge in [-0.1, -0.05) is 24.3 Å². The van der Waals surface area contributed by atoms with Crippen molar-refractivity contribution in [1.29, 1.82) is 0 Å². The minimum Gasteiger partial charge on any atom is -0.449 e. The van der Waals surface area contributed by atoms with Crippen molar-refractivity contribution in [3.05, 3.63) is 48.0 Å². The summed E-state index contributed by atoms with van der Waals surface area (Å²) in [6.07, 6.45) is 1.07. The van der Waals surface area contributed by atoms with Crippen molar-refractivity contribution in [3.8, 4) is 0 Å². The average Bonchev–Trinajstić information content (AvgIpc) is 2.88. The first kappa shape index (κ1) is 15.1. The van der Waals surface area contributed by atoms with E-state index >= 15 is 0 Å². The number of carbonyl (C=O) groups is 1. The molecular formula is C18H19N3O2. The maximum atomic E-state index is 11.2. The van der Waals surface area contributed by atoms with Gasteiger partial charge in [0.2, 0.25) is 0 Å². The minimum absolute atomic E-state index is 0.323. The monoisotopic (exact) mass is 309 g/mol. The van der Waals surface area contributed by atoms with Crippen LogP contribution in [0.1, 0.15) is 19.4 Å². The van der Waals surface area contributed by atoms with Crippen LogP contribution in [-0.4, -0.2) is 23.5 Å². The lowest BCUT2D eigenvalue weighted by molar-refractivity contribution is 0.152. The number of aromatic nitrogens is 1. The molecule has 118 valence electrons. The molecule has 1 heterocycles. The molecule has 1 aromatic heterocycles.